The van der Waals surface area contributed by atoms with Crippen LogP contribution in [-0.4, -0.2) is 46.1 Å². The van der Waals surface area contributed by atoms with Crippen molar-refractivity contribution in [2.45, 2.75) is 11.0 Å². The Kier molecular flexibility index (Phi) is 3.47. The molecule has 0 radical (unpaired) electrons. The minimum absolute atomic E-state index is 0.00334. The maximum Gasteiger partial charge on any atom is 0.242 e. The van der Waals surface area contributed by atoms with Crippen molar-refractivity contribution in [2.75, 3.05) is 33.0 Å². The van der Waals surface area contributed by atoms with Gasteiger partial charge in [0.2, 0.25) is 10.0 Å². The molecule has 100 valence electrons. The van der Waals surface area contributed by atoms with E-state index in [2.05, 4.69) is 0 Å². The van der Waals surface area contributed by atoms with Gasteiger partial charge in [0.15, 0.2) is 0 Å². The summed E-state index contributed by atoms with van der Waals surface area (Å²) in [6.45, 7) is 1.08. The fourth-order valence-corrected chi connectivity index (χ4v) is 2.40. The van der Waals surface area contributed by atoms with E-state index in [4.69, 9.17) is 15.2 Å². The van der Waals surface area contributed by atoms with Gasteiger partial charge in [0.05, 0.1) is 23.8 Å². The van der Waals surface area contributed by atoms with E-state index in [-0.39, 0.29) is 11.0 Å². The molecule has 1 saturated heterocycles. The number of hydrogen-bond donors (Lipinski definition) is 1. The van der Waals surface area contributed by atoms with Crippen molar-refractivity contribution in [3.63, 3.8) is 0 Å². The van der Waals surface area contributed by atoms with E-state index in [0.29, 0.717) is 24.7 Å². The third-order valence-corrected chi connectivity index (χ3v) is 4.47. The second-order valence-electron chi connectivity index (χ2n) is 4.26. The first-order valence-corrected chi connectivity index (χ1v) is 6.91. The Morgan fingerprint density at radius 2 is 2.06 bits per heavy atom. The van der Waals surface area contributed by atoms with Crippen LogP contribution in [-0.2, 0) is 14.8 Å². The summed E-state index contributed by atoms with van der Waals surface area (Å²) in [6.07, 6.45) is 0.00334. The average Bonchev–Trinajstić information content (AvgIpc) is 2.24. The van der Waals surface area contributed by atoms with Crippen LogP contribution in [0.5, 0.6) is 5.75 Å². The quantitative estimate of drug-likeness (QED) is 0.797. The number of benzene rings is 1. The summed E-state index contributed by atoms with van der Waals surface area (Å²) in [4.78, 5) is 0.155. The molecular weight excluding hydrogens is 256 g/mol. The molecule has 0 saturated carbocycles. The van der Waals surface area contributed by atoms with Gasteiger partial charge in [-0.25, -0.2) is 12.7 Å². The van der Waals surface area contributed by atoms with Crippen LogP contribution in [0.2, 0.25) is 0 Å². The minimum atomic E-state index is -3.46. The predicted octanol–water partition coefficient (Wildman–Crippen LogP) is 0.297. The summed E-state index contributed by atoms with van der Waals surface area (Å²) in [6, 6.07) is 4.47. The molecule has 1 fully saturated rings. The van der Waals surface area contributed by atoms with Gasteiger partial charge in [0.25, 0.3) is 0 Å². The molecule has 1 aliphatic heterocycles. The number of nitrogens with zero attached hydrogens (tertiary/aromatic N) is 1. The highest BCUT2D eigenvalue weighted by atomic mass is 32.2. The van der Waals surface area contributed by atoms with Gasteiger partial charge in [-0.2, -0.15) is 0 Å². The summed E-state index contributed by atoms with van der Waals surface area (Å²) in [7, 11) is -0.515. The van der Waals surface area contributed by atoms with Crippen molar-refractivity contribution in [2.24, 2.45) is 0 Å². The molecule has 0 aliphatic carbocycles. The van der Waals surface area contributed by atoms with Crippen LogP contribution in [0, 0.1) is 0 Å². The van der Waals surface area contributed by atoms with Gasteiger partial charge in [0, 0.05) is 14.1 Å². The predicted molar refractivity (Wildman–Crippen MR) is 67.0 cm³/mol. The fraction of sp³-hybridized carbons (Fsp3) is 0.455. The second-order valence-corrected chi connectivity index (χ2v) is 6.42. The Bertz CT molecular complexity index is 538. The van der Waals surface area contributed by atoms with Crippen LogP contribution in [0.25, 0.3) is 0 Å². The van der Waals surface area contributed by atoms with Gasteiger partial charge in [-0.1, -0.05) is 0 Å². The summed E-state index contributed by atoms with van der Waals surface area (Å²) >= 11 is 0. The Morgan fingerprint density at radius 1 is 1.39 bits per heavy atom. The zero-order valence-corrected chi connectivity index (χ0v) is 11.1. The highest BCUT2D eigenvalue weighted by Crippen LogP contribution is 2.27. The maximum atomic E-state index is 11.9. The van der Waals surface area contributed by atoms with E-state index < -0.39 is 10.0 Å². The molecule has 1 aromatic rings. The zero-order valence-electron chi connectivity index (χ0n) is 10.3. The Balaban J connectivity index is 2.24. The van der Waals surface area contributed by atoms with Crippen LogP contribution < -0.4 is 10.5 Å². The summed E-state index contributed by atoms with van der Waals surface area (Å²) < 4.78 is 35.5. The molecule has 0 bridgehead atoms. The van der Waals surface area contributed by atoms with Crippen molar-refractivity contribution >= 4 is 15.7 Å². The average molecular weight is 272 g/mol. The van der Waals surface area contributed by atoms with Crippen LogP contribution in [0.4, 0.5) is 5.69 Å². The number of rotatable bonds is 4. The summed E-state index contributed by atoms with van der Waals surface area (Å²) in [5.41, 5.74) is 6.11. The monoisotopic (exact) mass is 272 g/mol. The SMILES string of the molecule is CN(C)S(=O)(=O)c1ccc(OC2COC2)c(N)c1. The standard InChI is InChI=1S/C11H16N2O4S/c1-13(2)18(14,15)9-3-4-11(10(12)5-9)17-8-6-16-7-8/h3-5,8H,6-7,12H2,1-2H3. The van der Waals surface area contributed by atoms with Crippen molar-refractivity contribution < 1.29 is 17.9 Å². The van der Waals surface area contributed by atoms with Crippen LogP contribution in [0.3, 0.4) is 0 Å². The molecule has 2 N–H and O–H groups in total. The minimum Gasteiger partial charge on any atom is -0.483 e. The fourth-order valence-electron chi connectivity index (χ4n) is 1.47. The Morgan fingerprint density at radius 3 is 2.50 bits per heavy atom. The summed E-state index contributed by atoms with van der Waals surface area (Å²) in [5, 5.41) is 0. The molecule has 0 amide bonds. The van der Waals surface area contributed by atoms with Crippen molar-refractivity contribution in [1.82, 2.24) is 4.31 Å². The largest absolute Gasteiger partial charge is 0.483 e. The summed E-state index contributed by atoms with van der Waals surface area (Å²) in [5.74, 6) is 0.487. The Hall–Kier alpha value is -1.31. The third-order valence-electron chi connectivity index (χ3n) is 2.66. The van der Waals surface area contributed by atoms with Gasteiger partial charge in [0.1, 0.15) is 11.9 Å². The third kappa shape index (κ3) is 2.43. The maximum absolute atomic E-state index is 11.9. The molecular formula is C11H16N2O4S. The number of hydrogen-bond acceptors (Lipinski definition) is 5. The van der Waals surface area contributed by atoms with Crippen LogP contribution in [0.1, 0.15) is 0 Å². The molecule has 0 unspecified atom stereocenters. The van der Waals surface area contributed by atoms with Crippen molar-refractivity contribution in [1.29, 1.82) is 0 Å². The number of nitrogens with two attached hydrogens (primary N) is 1. The van der Waals surface area contributed by atoms with Crippen molar-refractivity contribution in [3.05, 3.63) is 18.2 Å². The lowest BCUT2D eigenvalue weighted by Gasteiger charge is -2.27. The first kappa shape index (κ1) is 13.1. The van der Waals surface area contributed by atoms with Gasteiger partial charge in [-0.15, -0.1) is 0 Å². The van der Waals surface area contributed by atoms with Crippen LogP contribution in [0.15, 0.2) is 23.1 Å². The van der Waals surface area contributed by atoms with Crippen molar-refractivity contribution in [3.8, 4) is 5.75 Å². The lowest BCUT2D eigenvalue weighted by atomic mass is 10.2. The topological polar surface area (TPSA) is 81.9 Å². The lowest BCUT2D eigenvalue weighted by molar-refractivity contribution is -0.0794. The van der Waals surface area contributed by atoms with Gasteiger partial charge in [-0.3, -0.25) is 0 Å². The normalized spacial score (nSPS) is 16.6. The van der Waals surface area contributed by atoms with E-state index in [1.807, 2.05) is 0 Å². The van der Waals surface area contributed by atoms with Crippen LogP contribution >= 0.6 is 0 Å². The number of nitrogen functional groups attached to an aromatic ring is 1. The van der Waals surface area contributed by atoms with E-state index in [0.717, 1.165) is 4.31 Å². The number of sulfonamides is 1. The number of anilines is 1. The molecule has 1 aliphatic rings. The molecule has 6 nitrogen and oxygen atoms in total. The molecule has 0 aromatic heterocycles. The zero-order chi connectivity index (χ0) is 13.3. The Labute approximate surface area is 106 Å². The molecule has 2 rings (SSSR count). The molecule has 1 heterocycles. The number of ether oxygens (including phenoxy) is 2. The van der Waals surface area contributed by atoms with E-state index in [9.17, 15) is 8.42 Å². The van der Waals surface area contributed by atoms with E-state index >= 15 is 0 Å². The molecule has 18 heavy (non-hydrogen) atoms. The molecule has 1 aromatic carbocycles. The first-order chi connectivity index (χ1) is 8.41. The molecule has 0 atom stereocenters. The lowest BCUT2D eigenvalue weighted by Crippen LogP contribution is -2.38. The molecule has 0 spiro atoms. The highest BCUT2D eigenvalue weighted by Gasteiger charge is 2.22. The van der Waals surface area contributed by atoms with Gasteiger partial charge >= 0.3 is 0 Å². The molecule has 7 heteroatoms. The van der Waals surface area contributed by atoms with Gasteiger partial charge < -0.3 is 15.2 Å². The smallest absolute Gasteiger partial charge is 0.242 e. The van der Waals surface area contributed by atoms with E-state index in [1.54, 1.807) is 6.07 Å². The van der Waals surface area contributed by atoms with Gasteiger partial charge in [-0.05, 0) is 18.2 Å². The first-order valence-electron chi connectivity index (χ1n) is 5.47. The second kappa shape index (κ2) is 4.75. The van der Waals surface area contributed by atoms with E-state index in [1.165, 1.54) is 26.2 Å². The highest BCUT2D eigenvalue weighted by molar-refractivity contribution is 7.89.